The third kappa shape index (κ3) is 1.93. The lowest BCUT2D eigenvalue weighted by molar-refractivity contribution is 0.536. The van der Waals surface area contributed by atoms with Crippen molar-refractivity contribution in [3.05, 3.63) is 71.4 Å². The van der Waals surface area contributed by atoms with Crippen molar-refractivity contribution in [2.45, 2.75) is 18.9 Å². The van der Waals surface area contributed by atoms with Gasteiger partial charge in [0.25, 0.3) is 0 Å². The van der Waals surface area contributed by atoms with Gasteiger partial charge >= 0.3 is 0 Å². The van der Waals surface area contributed by atoms with Crippen LogP contribution in [-0.4, -0.2) is 11.5 Å². The summed E-state index contributed by atoms with van der Waals surface area (Å²) >= 11 is 0. The molecule has 0 fully saturated rings. The molecule has 0 amide bonds. The van der Waals surface area contributed by atoms with Gasteiger partial charge in [-0.15, -0.1) is 0 Å². The Bertz CT molecular complexity index is 742. The van der Waals surface area contributed by atoms with E-state index in [1.54, 1.807) is 0 Å². The van der Waals surface area contributed by atoms with Gasteiger partial charge in [-0.3, -0.25) is 0 Å². The smallest absolute Gasteiger partial charge is 0.0457 e. The van der Waals surface area contributed by atoms with E-state index in [4.69, 9.17) is 0 Å². The minimum absolute atomic E-state index is 0.691. The van der Waals surface area contributed by atoms with Crippen LogP contribution in [0.5, 0.6) is 0 Å². The van der Waals surface area contributed by atoms with Crippen LogP contribution in [-0.2, 0) is 13.0 Å². The van der Waals surface area contributed by atoms with Gasteiger partial charge in [0.1, 0.15) is 0 Å². The quantitative estimate of drug-likeness (QED) is 0.738. The number of benzene rings is 2. The molecule has 1 aromatic heterocycles. The summed E-state index contributed by atoms with van der Waals surface area (Å²) < 4.78 is 0. The van der Waals surface area contributed by atoms with Crippen LogP contribution in [0, 0.1) is 0 Å². The molecule has 1 unspecified atom stereocenters. The van der Waals surface area contributed by atoms with Crippen molar-refractivity contribution >= 4 is 10.9 Å². The second-order valence-electron chi connectivity index (χ2n) is 5.59. The van der Waals surface area contributed by atoms with Gasteiger partial charge in [-0.2, -0.15) is 0 Å². The molecule has 100 valence electrons. The normalized spacial score (nSPS) is 16.9. The molecule has 1 atom stereocenters. The highest BCUT2D eigenvalue weighted by Gasteiger charge is 2.24. The molecule has 0 aliphatic heterocycles. The molecule has 3 aromatic rings. The van der Waals surface area contributed by atoms with E-state index < -0.39 is 0 Å². The fourth-order valence-corrected chi connectivity index (χ4v) is 3.23. The van der Waals surface area contributed by atoms with Crippen LogP contribution in [0.2, 0.25) is 0 Å². The summed E-state index contributed by atoms with van der Waals surface area (Å²) in [5.41, 5.74) is 5.64. The van der Waals surface area contributed by atoms with E-state index >= 15 is 0 Å². The van der Waals surface area contributed by atoms with Crippen molar-refractivity contribution < 1.29 is 0 Å². The Labute approximate surface area is 118 Å². The molecule has 0 saturated carbocycles. The van der Waals surface area contributed by atoms with Gasteiger partial charge in [0.05, 0.1) is 0 Å². The number of fused-ring (bicyclic) bond motifs is 2. The molecule has 2 N–H and O–H groups in total. The molecule has 2 aromatic carbocycles. The third-order valence-corrected chi connectivity index (χ3v) is 4.35. The van der Waals surface area contributed by atoms with Crippen LogP contribution in [0.4, 0.5) is 0 Å². The van der Waals surface area contributed by atoms with Gasteiger partial charge in [-0.05, 0) is 35.2 Å². The molecular weight excluding hydrogens is 244 g/mol. The van der Waals surface area contributed by atoms with Crippen LogP contribution in [0.15, 0.2) is 54.7 Å². The predicted molar refractivity (Wildman–Crippen MR) is 82.9 cm³/mol. The third-order valence-electron chi connectivity index (χ3n) is 4.35. The van der Waals surface area contributed by atoms with Crippen molar-refractivity contribution in [1.82, 2.24) is 10.3 Å². The highest BCUT2D eigenvalue weighted by molar-refractivity contribution is 5.82. The number of aromatic amines is 1. The van der Waals surface area contributed by atoms with E-state index in [0.29, 0.717) is 5.92 Å². The minimum Gasteiger partial charge on any atom is -0.361 e. The summed E-state index contributed by atoms with van der Waals surface area (Å²) in [6.45, 7) is 2.01. The summed E-state index contributed by atoms with van der Waals surface area (Å²) in [5.74, 6) is 0.691. The first kappa shape index (κ1) is 11.7. The topological polar surface area (TPSA) is 27.8 Å². The maximum Gasteiger partial charge on any atom is 0.0457 e. The van der Waals surface area contributed by atoms with Crippen molar-refractivity contribution in [2.75, 3.05) is 6.54 Å². The van der Waals surface area contributed by atoms with Crippen LogP contribution < -0.4 is 5.32 Å². The van der Waals surface area contributed by atoms with Crippen molar-refractivity contribution in [1.29, 1.82) is 0 Å². The molecule has 1 aliphatic rings. The summed E-state index contributed by atoms with van der Waals surface area (Å²) in [4.78, 5) is 3.27. The molecule has 0 saturated heterocycles. The minimum atomic E-state index is 0.691. The van der Waals surface area contributed by atoms with E-state index in [1.807, 2.05) is 6.20 Å². The molecule has 2 heteroatoms. The maximum absolute atomic E-state index is 3.61. The van der Waals surface area contributed by atoms with E-state index in [1.165, 1.54) is 34.0 Å². The highest BCUT2D eigenvalue weighted by Crippen LogP contribution is 2.34. The molecule has 0 spiro atoms. The molecule has 20 heavy (non-hydrogen) atoms. The van der Waals surface area contributed by atoms with E-state index in [2.05, 4.69) is 58.8 Å². The average Bonchev–Trinajstić information content (AvgIpc) is 2.93. The molecular formula is C18H18N2. The average molecular weight is 262 g/mol. The van der Waals surface area contributed by atoms with Crippen LogP contribution in [0.1, 0.15) is 22.6 Å². The largest absolute Gasteiger partial charge is 0.361 e. The van der Waals surface area contributed by atoms with Gasteiger partial charge in [0.15, 0.2) is 0 Å². The van der Waals surface area contributed by atoms with Gasteiger partial charge in [0.2, 0.25) is 0 Å². The first-order chi connectivity index (χ1) is 9.92. The first-order valence-corrected chi connectivity index (χ1v) is 7.25. The highest BCUT2D eigenvalue weighted by atomic mass is 14.9. The number of hydrogen-bond acceptors (Lipinski definition) is 1. The number of aromatic nitrogens is 1. The monoisotopic (exact) mass is 262 g/mol. The number of rotatable bonds is 4. The maximum atomic E-state index is 3.61. The molecule has 4 rings (SSSR count). The number of hydrogen-bond donors (Lipinski definition) is 2. The Kier molecular flexibility index (Phi) is 2.82. The Hall–Kier alpha value is -2.06. The van der Waals surface area contributed by atoms with Crippen LogP contribution in [0.25, 0.3) is 10.9 Å². The van der Waals surface area contributed by atoms with Gasteiger partial charge in [-0.1, -0.05) is 36.4 Å². The lowest BCUT2D eigenvalue weighted by Crippen LogP contribution is -2.28. The Morgan fingerprint density at radius 3 is 2.95 bits per heavy atom. The van der Waals surface area contributed by atoms with Gasteiger partial charge in [-0.25, -0.2) is 0 Å². The second-order valence-corrected chi connectivity index (χ2v) is 5.59. The van der Waals surface area contributed by atoms with E-state index in [0.717, 1.165) is 13.1 Å². The van der Waals surface area contributed by atoms with Crippen LogP contribution >= 0.6 is 0 Å². The Morgan fingerprint density at radius 1 is 1.05 bits per heavy atom. The van der Waals surface area contributed by atoms with Crippen LogP contribution in [0.3, 0.4) is 0 Å². The van der Waals surface area contributed by atoms with Gasteiger partial charge < -0.3 is 10.3 Å². The summed E-state index contributed by atoms with van der Waals surface area (Å²) in [7, 11) is 0. The summed E-state index contributed by atoms with van der Waals surface area (Å²) in [6.07, 6.45) is 3.23. The molecule has 0 bridgehead atoms. The predicted octanol–water partition coefficient (Wildman–Crippen LogP) is 3.60. The zero-order chi connectivity index (χ0) is 13.4. The zero-order valence-corrected chi connectivity index (χ0v) is 11.4. The Balaban J connectivity index is 1.41. The fraction of sp³-hybridized carbons (Fsp3) is 0.222. The van der Waals surface area contributed by atoms with E-state index in [9.17, 15) is 0 Å². The van der Waals surface area contributed by atoms with Gasteiger partial charge in [0, 0.05) is 36.1 Å². The Morgan fingerprint density at radius 2 is 2.00 bits per heavy atom. The SMILES string of the molecule is c1ccc2c(c1)CC2CNCc1cccc2[nH]ccc12. The first-order valence-electron chi connectivity index (χ1n) is 7.25. The molecule has 1 heterocycles. The lowest BCUT2D eigenvalue weighted by Gasteiger charge is -2.30. The molecule has 0 radical (unpaired) electrons. The summed E-state index contributed by atoms with van der Waals surface area (Å²) in [5, 5.41) is 4.94. The molecule has 2 nitrogen and oxygen atoms in total. The van der Waals surface area contributed by atoms with Crippen molar-refractivity contribution in [2.24, 2.45) is 0 Å². The molecule has 1 aliphatic carbocycles. The van der Waals surface area contributed by atoms with Crippen molar-refractivity contribution in [3.63, 3.8) is 0 Å². The van der Waals surface area contributed by atoms with E-state index in [-0.39, 0.29) is 0 Å². The number of nitrogens with one attached hydrogen (secondary N) is 2. The zero-order valence-electron chi connectivity index (χ0n) is 11.4. The second kappa shape index (κ2) is 4.80. The standard InChI is InChI=1S/C18H18N2/c1-2-6-16-13(4-1)10-15(16)12-19-11-14-5-3-7-18-17(14)8-9-20-18/h1-9,15,19-20H,10-12H2. The summed E-state index contributed by atoms with van der Waals surface area (Å²) in [6, 6.07) is 17.4. The fourth-order valence-electron chi connectivity index (χ4n) is 3.23. The lowest BCUT2D eigenvalue weighted by atomic mass is 9.77. The number of H-pyrrole nitrogens is 1. The van der Waals surface area contributed by atoms with Crippen molar-refractivity contribution in [3.8, 4) is 0 Å².